The van der Waals surface area contributed by atoms with Gasteiger partial charge < -0.3 is 15.8 Å². The van der Waals surface area contributed by atoms with Crippen molar-refractivity contribution in [1.29, 1.82) is 0 Å². The second-order valence-electron chi connectivity index (χ2n) is 3.91. The van der Waals surface area contributed by atoms with Gasteiger partial charge >= 0.3 is 6.61 Å². The van der Waals surface area contributed by atoms with E-state index in [-0.39, 0.29) is 18.1 Å². The van der Waals surface area contributed by atoms with Gasteiger partial charge in [0.05, 0.1) is 6.04 Å². The van der Waals surface area contributed by atoms with Crippen LogP contribution in [0.5, 0.6) is 5.75 Å². The first-order chi connectivity index (χ1) is 8.93. The minimum Gasteiger partial charge on any atom is -0.432 e. The lowest BCUT2D eigenvalue weighted by molar-refractivity contribution is -0.117. The molecule has 0 saturated carbocycles. The van der Waals surface area contributed by atoms with Gasteiger partial charge in [0, 0.05) is 11.8 Å². The van der Waals surface area contributed by atoms with Crippen molar-refractivity contribution in [2.75, 3.05) is 5.32 Å². The van der Waals surface area contributed by atoms with Crippen molar-refractivity contribution in [3.8, 4) is 5.75 Å². The lowest BCUT2D eigenvalue weighted by Crippen LogP contribution is -2.35. The fourth-order valence-electron chi connectivity index (χ4n) is 1.45. The smallest absolute Gasteiger partial charge is 0.387 e. The highest BCUT2D eigenvalue weighted by Gasteiger charge is 2.14. The van der Waals surface area contributed by atoms with Gasteiger partial charge in [-0.2, -0.15) is 8.78 Å². The number of halogens is 4. The first kappa shape index (κ1) is 18.5. The number of hydrogen-bond donors (Lipinski definition) is 2. The van der Waals surface area contributed by atoms with Crippen LogP contribution in [0.1, 0.15) is 19.8 Å². The van der Waals surface area contributed by atoms with Gasteiger partial charge in [0.1, 0.15) is 0 Å². The summed E-state index contributed by atoms with van der Waals surface area (Å²) in [6, 6.07) is 2.48. The predicted molar refractivity (Wildman–Crippen MR) is 71.8 cm³/mol. The van der Waals surface area contributed by atoms with Gasteiger partial charge in [-0.3, -0.25) is 4.79 Å². The van der Waals surface area contributed by atoms with Crippen LogP contribution in [0.2, 0.25) is 0 Å². The van der Waals surface area contributed by atoms with E-state index < -0.39 is 30.1 Å². The van der Waals surface area contributed by atoms with Gasteiger partial charge in [-0.1, -0.05) is 13.3 Å². The monoisotopic (exact) mass is 312 g/mol. The maximum Gasteiger partial charge on any atom is 0.387 e. The molecule has 0 aliphatic rings. The molecule has 0 bridgehead atoms. The summed E-state index contributed by atoms with van der Waals surface area (Å²) in [7, 11) is 0. The number of hydrogen-bond acceptors (Lipinski definition) is 3. The highest BCUT2D eigenvalue weighted by Crippen LogP contribution is 2.22. The molecule has 0 radical (unpaired) electrons. The van der Waals surface area contributed by atoms with E-state index in [4.69, 9.17) is 5.73 Å². The molecule has 3 N–H and O–H groups in total. The van der Waals surface area contributed by atoms with Gasteiger partial charge in [-0.05, 0) is 18.6 Å². The number of carbonyl (C=O) groups is 1. The van der Waals surface area contributed by atoms with Crippen molar-refractivity contribution in [3.63, 3.8) is 0 Å². The Kier molecular flexibility index (Phi) is 8.02. The maximum atomic E-state index is 13.4. The van der Waals surface area contributed by atoms with E-state index in [0.717, 1.165) is 18.6 Å². The summed E-state index contributed by atoms with van der Waals surface area (Å²) in [5.41, 5.74) is 5.71. The molecular formula is C12H16ClF3N2O2. The molecule has 1 amide bonds. The fraction of sp³-hybridized carbons (Fsp3) is 0.417. The molecule has 0 fully saturated rings. The second-order valence-corrected chi connectivity index (χ2v) is 3.91. The molecule has 0 spiro atoms. The van der Waals surface area contributed by atoms with Crippen molar-refractivity contribution in [1.82, 2.24) is 0 Å². The van der Waals surface area contributed by atoms with Gasteiger partial charge in [-0.15, -0.1) is 12.4 Å². The van der Waals surface area contributed by atoms with Gasteiger partial charge in [0.2, 0.25) is 5.91 Å². The highest BCUT2D eigenvalue weighted by atomic mass is 35.5. The summed E-state index contributed by atoms with van der Waals surface area (Å²) in [4.78, 5) is 11.6. The number of benzene rings is 1. The number of nitrogens with one attached hydrogen (secondary N) is 1. The first-order valence-electron chi connectivity index (χ1n) is 5.74. The topological polar surface area (TPSA) is 64.4 Å². The Hall–Kier alpha value is -1.47. The zero-order valence-electron chi connectivity index (χ0n) is 10.7. The maximum absolute atomic E-state index is 13.4. The SMILES string of the molecule is CCCC(N)C(=O)Nc1ccc(OC(F)F)c(F)c1.Cl. The molecule has 8 heteroatoms. The molecule has 1 aromatic carbocycles. The normalized spacial score (nSPS) is 11.7. The zero-order valence-corrected chi connectivity index (χ0v) is 11.6. The minimum atomic E-state index is -3.10. The Morgan fingerprint density at radius 3 is 2.60 bits per heavy atom. The van der Waals surface area contributed by atoms with E-state index in [1.807, 2.05) is 6.92 Å². The van der Waals surface area contributed by atoms with E-state index in [1.165, 1.54) is 6.07 Å². The molecule has 0 aromatic heterocycles. The lowest BCUT2D eigenvalue weighted by Gasteiger charge is -2.12. The minimum absolute atomic E-state index is 0. The van der Waals surface area contributed by atoms with Crippen LogP contribution in [0.3, 0.4) is 0 Å². The van der Waals surface area contributed by atoms with Crippen molar-refractivity contribution in [2.45, 2.75) is 32.4 Å². The summed E-state index contributed by atoms with van der Waals surface area (Å²) in [6.45, 7) is -1.23. The molecule has 114 valence electrons. The quantitative estimate of drug-likeness (QED) is 0.849. The van der Waals surface area contributed by atoms with E-state index in [2.05, 4.69) is 10.1 Å². The number of amides is 1. The van der Waals surface area contributed by atoms with Crippen LogP contribution in [-0.4, -0.2) is 18.6 Å². The average Bonchev–Trinajstić information content (AvgIpc) is 2.32. The zero-order chi connectivity index (χ0) is 14.4. The molecule has 1 rings (SSSR count). The number of rotatable bonds is 6. The molecular weight excluding hydrogens is 297 g/mol. The Morgan fingerprint density at radius 1 is 1.45 bits per heavy atom. The van der Waals surface area contributed by atoms with E-state index in [0.29, 0.717) is 6.42 Å². The van der Waals surface area contributed by atoms with Gasteiger partial charge in [0.15, 0.2) is 11.6 Å². The third kappa shape index (κ3) is 5.66. The van der Waals surface area contributed by atoms with Crippen molar-refractivity contribution < 1.29 is 22.7 Å². The average molecular weight is 313 g/mol. The molecule has 0 heterocycles. The lowest BCUT2D eigenvalue weighted by atomic mass is 10.1. The number of nitrogens with two attached hydrogens (primary N) is 1. The Balaban J connectivity index is 0.00000361. The molecule has 1 aromatic rings. The molecule has 20 heavy (non-hydrogen) atoms. The Labute approximate surface area is 120 Å². The summed E-state index contributed by atoms with van der Waals surface area (Å²) in [5.74, 6) is -2.02. The molecule has 1 unspecified atom stereocenters. The van der Waals surface area contributed by atoms with Crippen LogP contribution < -0.4 is 15.8 Å². The van der Waals surface area contributed by atoms with Crippen LogP contribution in [0, 0.1) is 5.82 Å². The van der Waals surface area contributed by atoms with E-state index >= 15 is 0 Å². The third-order valence-corrected chi connectivity index (χ3v) is 2.35. The van der Waals surface area contributed by atoms with Crippen LogP contribution in [-0.2, 0) is 4.79 Å². The number of alkyl halides is 2. The summed E-state index contributed by atoms with van der Waals surface area (Å²) in [6.07, 6.45) is 1.24. The van der Waals surface area contributed by atoms with Crippen LogP contribution in [0.15, 0.2) is 18.2 Å². The predicted octanol–water partition coefficient (Wildman–Crippen LogP) is 2.91. The fourth-order valence-corrected chi connectivity index (χ4v) is 1.45. The Bertz CT molecular complexity index is 447. The van der Waals surface area contributed by atoms with Gasteiger partial charge in [0.25, 0.3) is 0 Å². The third-order valence-electron chi connectivity index (χ3n) is 2.35. The van der Waals surface area contributed by atoms with Crippen LogP contribution >= 0.6 is 12.4 Å². The number of anilines is 1. The number of carbonyl (C=O) groups excluding carboxylic acids is 1. The Morgan fingerprint density at radius 2 is 2.10 bits per heavy atom. The molecule has 0 aliphatic carbocycles. The molecule has 1 atom stereocenters. The number of ether oxygens (including phenoxy) is 1. The van der Waals surface area contributed by atoms with Crippen LogP contribution in [0.4, 0.5) is 18.9 Å². The molecule has 4 nitrogen and oxygen atoms in total. The molecule has 0 aliphatic heterocycles. The highest BCUT2D eigenvalue weighted by molar-refractivity contribution is 5.94. The summed E-state index contributed by atoms with van der Waals surface area (Å²) in [5, 5.41) is 2.40. The first-order valence-corrected chi connectivity index (χ1v) is 5.74. The van der Waals surface area contributed by atoms with Crippen molar-refractivity contribution in [2.24, 2.45) is 5.73 Å². The summed E-state index contributed by atoms with van der Waals surface area (Å²) < 4.78 is 41.2. The standard InChI is InChI=1S/C12H15F3N2O2.ClH/c1-2-3-9(16)11(18)17-7-4-5-10(8(13)6-7)19-12(14)15;/h4-6,9,12H,2-3,16H2,1H3,(H,17,18);1H. The summed E-state index contributed by atoms with van der Waals surface area (Å²) >= 11 is 0. The van der Waals surface area contributed by atoms with E-state index in [9.17, 15) is 18.0 Å². The van der Waals surface area contributed by atoms with Crippen molar-refractivity contribution >= 4 is 24.0 Å². The second kappa shape index (κ2) is 8.65. The van der Waals surface area contributed by atoms with Gasteiger partial charge in [-0.25, -0.2) is 4.39 Å². The van der Waals surface area contributed by atoms with Crippen LogP contribution in [0.25, 0.3) is 0 Å². The van der Waals surface area contributed by atoms with Crippen molar-refractivity contribution in [3.05, 3.63) is 24.0 Å². The molecule has 0 saturated heterocycles. The van der Waals surface area contributed by atoms with E-state index in [1.54, 1.807) is 0 Å². The largest absolute Gasteiger partial charge is 0.432 e.